The number of benzene rings is 3. The van der Waals surface area contributed by atoms with Crippen LogP contribution in [0.25, 0.3) is 6.08 Å². The Bertz CT molecular complexity index is 1830. The van der Waals surface area contributed by atoms with Gasteiger partial charge in [0.15, 0.2) is 16.3 Å². The molecule has 0 saturated carbocycles. The summed E-state index contributed by atoms with van der Waals surface area (Å²) < 4.78 is 33.1. The molecule has 0 saturated heterocycles. The number of fused-ring (bicyclic) bond motifs is 1. The van der Waals surface area contributed by atoms with E-state index < -0.39 is 12.0 Å². The number of allylic oxidation sites excluding steroid dienone is 1. The van der Waals surface area contributed by atoms with Crippen molar-refractivity contribution in [2.24, 2.45) is 4.99 Å². The molecular weight excluding hydrogens is 658 g/mol. The molecule has 0 amide bonds. The van der Waals surface area contributed by atoms with Crippen LogP contribution in [0.5, 0.6) is 11.5 Å². The van der Waals surface area contributed by atoms with Crippen LogP contribution in [0.15, 0.2) is 87.8 Å². The van der Waals surface area contributed by atoms with Crippen LogP contribution in [0, 0.1) is 9.39 Å². The zero-order valence-corrected chi connectivity index (χ0v) is 25.5. The molecule has 0 spiro atoms. The Hall–Kier alpha value is -3.77. The number of aromatic nitrogens is 1. The number of esters is 1. The molecule has 1 aliphatic rings. The molecule has 3 aromatic carbocycles. The monoisotopic (exact) mass is 684 g/mol. The van der Waals surface area contributed by atoms with E-state index in [9.17, 15) is 14.0 Å². The molecule has 1 aromatic heterocycles. The van der Waals surface area contributed by atoms with Crippen LogP contribution in [-0.4, -0.2) is 24.8 Å². The molecule has 10 heteroatoms. The number of carbonyl (C=O) groups excluding carboxylic acids is 1. The molecule has 5 rings (SSSR count). The molecule has 0 radical (unpaired) electrons. The highest BCUT2D eigenvalue weighted by Gasteiger charge is 2.33. The second kappa shape index (κ2) is 12.4. The van der Waals surface area contributed by atoms with Gasteiger partial charge in [0.05, 0.1) is 39.6 Å². The van der Waals surface area contributed by atoms with Gasteiger partial charge in [-0.1, -0.05) is 60.7 Å². The first-order valence-electron chi connectivity index (χ1n) is 12.8. The summed E-state index contributed by atoms with van der Waals surface area (Å²) in [7, 11) is 2.87. The molecule has 1 atom stereocenters. The van der Waals surface area contributed by atoms with Crippen molar-refractivity contribution in [1.82, 2.24) is 4.57 Å². The normalized spacial score (nSPS) is 14.9. The van der Waals surface area contributed by atoms with E-state index in [-0.39, 0.29) is 18.0 Å². The number of rotatable bonds is 8. The summed E-state index contributed by atoms with van der Waals surface area (Å²) in [6.07, 6.45) is 2.28. The SMILES string of the molecule is CCC1=C(C(=O)OC)[C@H](c2ccccc2)n2c(s/c(=C\c3cc(I)c(OCc4cccc(F)c4)c(OC)c3)c2=O)=N1. The number of thiazole rings is 1. The van der Waals surface area contributed by atoms with Crippen LogP contribution in [-0.2, 0) is 16.1 Å². The number of ether oxygens (including phenoxy) is 3. The molecule has 0 unspecified atom stereocenters. The van der Waals surface area contributed by atoms with E-state index in [1.807, 2.05) is 43.3 Å². The summed E-state index contributed by atoms with van der Waals surface area (Å²) in [5, 5.41) is 0. The first-order chi connectivity index (χ1) is 19.8. The van der Waals surface area contributed by atoms with E-state index in [4.69, 9.17) is 19.2 Å². The van der Waals surface area contributed by atoms with Crippen molar-refractivity contribution in [3.63, 3.8) is 0 Å². The summed E-state index contributed by atoms with van der Waals surface area (Å²) in [5.41, 5.74) is 2.90. The third-order valence-electron chi connectivity index (χ3n) is 6.59. The maximum Gasteiger partial charge on any atom is 0.338 e. The fourth-order valence-electron chi connectivity index (χ4n) is 4.71. The van der Waals surface area contributed by atoms with Crippen LogP contribution >= 0.6 is 33.9 Å². The van der Waals surface area contributed by atoms with Crippen LogP contribution in [0.4, 0.5) is 4.39 Å². The number of hydrogen-bond acceptors (Lipinski definition) is 7. The third-order valence-corrected chi connectivity index (χ3v) is 8.37. The molecule has 210 valence electrons. The number of halogens is 2. The van der Waals surface area contributed by atoms with Crippen molar-refractivity contribution in [1.29, 1.82) is 0 Å². The van der Waals surface area contributed by atoms with Gasteiger partial charge in [-0.2, -0.15) is 0 Å². The van der Waals surface area contributed by atoms with Gasteiger partial charge < -0.3 is 14.2 Å². The second-order valence-corrected chi connectivity index (χ2v) is 11.3. The maximum atomic E-state index is 13.9. The highest BCUT2D eigenvalue weighted by Crippen LogP contribution is 2.35. The molecule has 4 aromatic rings. The first kappa shape index (κ1) is 28.7. The lowest BCUT2D eigenvalue weighted by atomic mass is 9.95. The first-order valence-corrected chi connectivity index (χ1v) is 14.7. The number of nitrogens with zero attached hydrogens (tertiary/aromatic N) is 2. The number of carbonyl (C=O) groups is 1. The summed E-state index contributed by atoms with van der Waals surface area (Å²) in [6, 6.07) is 18.6. The molecular formula is C31H26FIN2O5S. The fourth-order valence-corrected chi connectivity index (χ4v) is 6.51. The summed E-state index contributed by atoms with van der Waals surface area (Å²) in [5.74, 6) is 0.164. The van der Waals surface area contributed by atoms with Gasteiger partial charge in [-0.3, -0.25) is 9.36 Å². The third kappa shape index (κ3) is 5.84. The maximum absolute atomic E-state index is 13.9. The highest BCUT2D eigenvalue weighted by atomic mass is 127. The largest absolute Gasteiger partial charge is 0.493 e. The Morgan fingerprint density at radius 2 is 1.90 bits per heavy atom. The molecule has 0 bridgehead atoms. The Labute approximate surface area is 253 Å². The van der Waals surface area contributed by atoms with E-state index in [0.29, 0.717) is 44.1 Å². The average Bonchev–Trinajstić information content (AvgIpc) is 3.29. The molecule has 1 aliphatic heterocycles. The predicted molar refractivity (Wildman–Crippen MR) is 163 cm³/mol. The van der Waals surface area contributed by atoms with E-state index in [1.54, 1.807) is 36.0 Å². The minimum Gasteiger partial charge on any atom is -0.493 e. The molecule has 41 heavy (non-hydrogen) atoms. The van der Waals surface area contributed by atoms with Crippen LogP contribution in [0.2, 0.25) is 0 Å². The van der Waals surface area contributed by atoms with Crippen LogP contribution < -0.4 is 24.4 Å². The number of methoxy groups -OCH3 is 2. The summed E-state index contributed by atoms with van der Waals surface area (Å²) in [6.45, 7) is 2.09. The molecule has 0 N–H and O–H groups in total. The van der Waals surface area contributed by atoms with Gasteiger partial charge in [0.2, 0.25) is 0 Å². The van der Waals surface area contributed by atoms with Crippen LogP contribution in [0.1, 0.15) is 36.1 Å². The minimum atomic E-state index is -0.662. The molecule has 0 fully saturated rings. The van der Waals surface area contributed by atoms with Gasteiger partial charge in [0.25, 0.3) is 5.56 Å². The van der Waals surface area contributed by atoms with Crippen molar-refractivity contribution >= 4 is 46.0 Å². The molecule has 2 heterocycles. The van der Waals surface area contributed by atoms with E-state index in [1.165, 1.54) is 30.6 Å². The van der Waals surface area contributed by atoms with Gasteiger partial charge >= 0.3 is 5.97 Å². The quantitative estimate of drug-likeness (QED) is 0.190. The van der Waals surface area contributed by atoms with Gasteiger partial charge in [0.1, 0.15) is 12.4 Å². The predicted octanol–water partition coefficient (Wildman–Crippen LogP) is 5.13. The van der Waals surface area contributed by atoms with Crippen molar-refractivity contribution in [3.05, 3.63) is 124 Å². The lowest BCUT2D eigenvalue weighted by Gasteiger charge is -2.25. The second-order valence-electron chi connectivity index (χ2n) is 9.15. The molecule has 7 nitrogen and oxygen atoms in total. The summed E-state index contributed by atoms with van der Waals surface area (Å²) >= 11 is 3.41. The van der Waals surface area contributed by atoms with Crippen molar-refractivity contribution < 1.29 is 23.4 Å². The van der Waals surface area contributed by atoms with Crippen molar-refractivity contribution in [2.45, 2.75) is 26.0 Å². The van der Waals surface area contributed by atoms with Gasteiger partial charge in [0, 0.05) is 0 Å². The van der Waals surface area contributed by atoms with Crippen molar-refractivity contribution in [3.8, 4) is 11.5 Å². The Balaban J connectivity index is 1.59. The topological polar surface area (TPSA) is 79.1 Å². The Morgan fingerprint density at radius 1 is 1.12 bits per heavy atom. The van der Waals surface area contributed by atoms with Gasteiger partial charge in [-0.05, 0) is 76.0 Å². The fraction of sp³-hybridized carbons (Fsp3) is 0.194. The number of hydrogen-bond donors (Lipinski definition) is 0. The molecule has 0 aliphatic carbocycles. The van der Waals surface area contributed by atoms with E-state index in [0.717, 1.165) is 14.7 Å². The van der Waals surface area contributed by atoms with Crippen LogP contribution in [0.3, 0.4) is 0 Å². The average molecular weight is 685 g/mol. The zero-order chi connectivity index (χ0) is 29.1. The smallest absolute Gasteiger partial charge is 0.338 e. The Kier molecular flexibility index (Phi) is 8.69. The van der Waals surface area contributed by atoms with E-state index >= 15 is 0 Å². The lowest BCUT2D eigenvalue weighted by Crippen LogP contribution is -2.40. The Morgan fingerprint density at radius 3 is 2.59 bits per heavy atom. The standard InChI is InChI=1S/C31H26FIN2O5S/c1-4-23-26(30(37)39-3)27(20-10-6-5-7-11-20)35-29(36)25(41-31(35)34-23)16-19-14-22(33)28(24(15-19)38-2)40-17-18-9-8-12-21(32)13-18/h5-16,27H,4,17H2,1-3H3/b25-16-/t27-/m0/s1. The summed E-state index contributed by atoms with van der Waals surface area (Å²) in [4.78, 5) is 32.0. The van der Waals surface area contributed by atoms with E-state index in [2.05, 4.69) is 22.6 Å². The minimum absolute atomic E-state index is 0.170. The highest BCUT2D eigenvalue weighted by molar-refractivity contribution is 14.1. The van der Waals surface area contributed by atoms with Gasteiger partial charge in [-0.25, -0.2) is 14.2 Å². The zero-order valence-electron chi connectivity index (χ0n) is 22.5. The van der Waals surface area contributed by atoms with Gasteiger partial charge in [-0.15, -0.1) is 0 Å². The lowest BCUT2D eigenvalue weighted by molar-refractivity contribution is -0.136. The van der Waals surface area contributed by atoms with Crippen molar-refractivity contribution in [2.75, 3.05) is 14.2 Å².